The Labute approximate surface area is 279 Å². The van der Waals surface area contributed by atoms with E-state index >= 15 is 4.79 Å². The number of carbonyl (C=O) groups excluding carboxylic acids is 4. The van der Waals surface area contributed by atoms with Gasteiger partial charge in [-0.15, -0.1) is 0 Å². The molecule has 2 aliphatic heterocycles. The molecule has 6 atom stereocenters. The van der Waals surface area contributed by atoms with E-state index in [9.17, 15) is 19.5 Å². The highest BCUT2D eigenvalue weighted by atomic mass is 16.5. The molecule has 0 bridgehead atoms. The van der Waals surface area contributed by atoms with Crippen LogP contribution in [-0.4, -0.2) is 52.3 Å². The number of phenolic OH excluding ortho intramolecular Hbond substituents is 1. The summed E-state index contributed by atoms with van der Waals surface area (Å²) in [5, 5.41) is 11.4. The van der Waals surface area contributed by atoms with Crippen LogP contribution in [0.4, 0.5) is 5.69 Å². The first-order valence-corrected chi connectivity index (χ1v) is 16.6. The van der Waals surface area contributed by atoms with E-state index in [1.54, 1.807) is 18.2 Å². The quantitative estimate of drug-likeness (QED) is 0.240. The maximum atomic E-state index is 15.1. The highest BCUT2D eigenvalue weighted by Gasteiger charge is 2.69. The monoisotopic (exact) mass is 645 g/mol. The number of carbonyl (C=O) groups is 4. The number of aromatic hydroxyl groups is 1. The lowest BCUT2D eigenvalue weighted by Crippen LogP contribution is -2.54. The van der Waals surface area contributed by atoms with Crippen LogP contribution in [-0.2, 0) is 24.6 Å². The molecular weight excluding hydrogens is 606 g/mol. The van der Waals surface area contributed by atoms with Crippen LogP contribution in [0.3, 0.4) is 0 Å². The molecule has 2 heterocycles. The summed E-state index contributed by atoms with van der Waals surface area (Å²) < 4.78 is 5.35. The van der Waals surface area contributed by atoms with Gasteiger partial charge in [-0.2, -0.15) is 5.01 Å². The van der Waals surface area contributed by atoms with Gasteiger partial charge in [-0.1, -0.05) is 84.8 Å². The molecule has 3 fully saturated rings. The normalized spacial score (nSPS) is 28.0. The van der Waals surface area contributed by atoms with E-state index in [1.807, 2.05) is 86.7 Å². The first kappa shape index (κ1) is 31.4. The van der Waals surface area contributed by atoms with Crippen molar-refractivity contribution < 1.29 is 29.0 Å². The number of fused-ring (bicyclic) bond motifs is 4. The number of allylic oxidation sites excluding steroid dienone is 3. The highest BCUT2D eigenvalue weighted by Crippen LogP contribution is 2.61. The number of nitrogens with zero attached hydrogens (tertiary/aromatic N) is 2. The number of phenols is 1. The van der Waals surface area contributed by atoms with Crippen molar-refractivity contribution in [2.75, 3.05) is 19.1 Å². The predicted molar refractivity (Wildman–Crippen MR) is 180 cm³/mol. The lowest BCUT2D eigenvalue weighted by Gasteiger charge is -2.49. The van der Waals surface area contributed by atoms with E-state index < -0.39 is 35.0 Å². The molecule has 9 heteroatoms. The van der Waals surface area contributed by atoms with Gasteiger partial charge >= 0.3 is 0 Å². The smallest absolute Gasteiger partial charge is 0.260 e. The van der Waals surface area contributed by atoms with Crippen molar-refractivity contribution in [1.29, 1.82) is 0 Å². The van der Waals surface area contributed by atoms with Gasteiger partial charge in [0.05, 0.1) is 36.0 Å². The molecule has 4 aliphatic rings. The van der Waals surface area contributed by atoms with Crippen molar-refractivity contribution >= 4 is 35.4 Å². The Morgan fingerprint density at radius 2 is 1.71 bits per heavy atom. The summed E-state index contributed by atoms with van der Waals surface area (Å²) in [6.45, 7) is 4.27. The SMILES string of the molecule is CCCN1C(=O)[C@H]2[C@H](CC=C3[C@H]2C[C@H]2C(=O)N(Nc4ccc(C)cc4)C(=O)[C@@]2(c2ccccc2)[C@H]3C=Cc2ccc(O)c(OC)c2)C1=O. The van der Waals surface area contributed by atoms with Crippen LogP contribution in [0.1, 0.15) is 42.9 Å². The summed E-state index contributed by atoms with van der Waals surface area (Å²) in [6.07, 6.45) is 7.19. The minimum Gasteiger partial charge on any atom is -0.504 e. The summed E-state index contributed by atoms with van der Waals surface area (Å²) in [4.78, 5) is 58.5. The van der Waals surface area contributed by atoms with Gasteiger partial charge in [0.1, 0.15) is 0 Å². The van der Waals surface area contributed by atoms with Crippen molar-refractivity contribution in [1.82, 2.24) is 9.91 Å². The second kappa shape index (κ2) is 12.1. The van der Waals surface area contributed by atoms with E-state index in [0.717, 1.165) is 21.7 Å². The molecular formula is C39H39N3O6. The number of aryl methyl sites for hydroxylation is 1. The number of benzene rings is 3. The van der Waals surface area contributed by atoms with Crippen LogP contribution in [0.15, 0.2) is 90.5 Å². The number of hydrogen-bond acceptors (Lipinski definition) is 7. The number of ether oxygens (including phenoxy) is 1. The summed E-state index contributed by atoms with van der Waals surface area (Å²) in [5.41, 5.74) is 5.79. The zero-order valence-corrected chi connectivity index (χ0v) is 27.3. The largest absolute Gasteiger partial charge is 0.504 e. The Hall–Kier alpha value is -5.18. The van der Waals surface area contributed by atoms with Gasteiger partial charge in [-0.05, 0) is 67.5 Å². The molecule has 3 aromatic rings. The second-order valence-corrected chi connectivity index (χ2v) is 13.3. The molecule has 246 valence electrons. The Kier molecular flexibility index (Phi) is 7.93. The number of methoxy groups -OCH3 is 1. The molecule has 3 aromatic carbocycles. The minimum absolute atomic E-state index is 0.00432. The van der Waals surface area contributed by atoms with Gasteiger partial charge in [-0.25, -0.2) is 0 Å². The van der Waals surface area contributed by atoms with Gasteiger partial charge in [0.25, 0.3) is 11.8 Å². The van der Waals surface area contributed by atoms with Crippen molar-refractivity contribution in [2.24, 2.45) is 29.6 Å². The van der Waals surface area contributed by atoms with Crippen LogP contribution in [0.25, 0.3) is 6.08 Å². The van der Waals surface area contributed by atoms with E-state index in [4.69, 9.17) is 4.74 Å². The van der Waals surface area contributed by atoms with Crippen molar-refractivity contribution in [3.8, 4) is 11.5 Å². The van der Waals surface area contributed by atoms with Gasteiger partial charge in [0.2, 0.25) is 11.8 Å². The Balaban J connectivity index is 1.41. The Morgan fingerprint density at radius 1 is 0.958 bits per heavy atom. The van der Waals surface area contributed by atoms with E-state index in [0.29, 0.717) is 36.4 Å². The molecule has 0 radical (unpaired) electrons. The van der Waals surface area contributed by atoms with Gasteiger partial charge in [-0.3, -0.25) is 29.5 Å². The fourth-order valence-electron chi connectivity index (χ4n) is 8.51. The summed E-state index contributed by atoms with van der Waals surface area (Å²) >= 11 is 0. The minimum atomic E-state index is -1.32. The number of nitrogens with one attached hydrogen (secondary N) is 1. The molecule has 2 aliphatic carbocycles. The first-order chi connectivity index (χ1) is 23.2. The van der Waals surface area contributed by atoms with Crippen LogP contribution in [0, 0.1) is 36.5 Å². The van der Waals surface area contributed by atoms with Crippen LogP contribution in [0.2, 0.25) is 0 Å². The Bertz CT molecular complexity index is 1850. The Morgan fingerprint density at radius 3 is 2.42 bits per heavy atom. The summed E-state index contributed by atoms with van der Waals surface area (Å²) in [7, 11) is 1.48. The lowest BCUT2D eigenvalue weighted by molar-refractivity contribution is -0.141. The van der Waals surface area contributed by atoms with E-state index in [-0.39, 0.29) is 35.8 Å². The number of anilines is 1. The zero-order chi connectivity index (χ0) is 33.7. The van der Waals surface area contributed by atoms with Crippen LogP contribution >= 0.6 is 0 Å². The average molecular weight is 646 g/mol. The molecule has 0 unspecified atom stereocenters. The van der Waals surface area contributed by atoms with Gasteiger partial charge in [0.15, 0.2) is 11.5 Å². The highest BCUT2D eigenvalue weighted by molar-refractivity contribution is 6.13. The maximum Gasteiger partial charge on any atom is 0.260 e. The third kappa shape index (κ3) is 4.74. The van der Waals surface area contributed by atoms with E-state index in [2.05, 4.69) is 5.43 Å². The third-order valence-electron chi connectivity index (χ3n) is 10.7. The fourth-order valence-corrected chi connectivity index (χ4v) is 8.51. The number of rotatable bonds is 8. The molecule has 0 aromatic heterocycles. The second-order valence-electron chi connectivity index (χ2n) is 13.3. The standard InChI is InChI=1S/C39H39N3O6/c1-4-20-41-35(44)28-17-16-27-29(34(28)37(41)46)22-31-36(45)42(40-26-14-10-23(2)11-15-26)38(47)39(31,25-8-6-5-7-9-25)30(27)18-12-24-13-19-32(43)33(21-24)48-3/h5-16,18-19,21,28-31,34,40,43H,4,17,20,22H2,1-3H3/t28-,29+,30-,31-,34-,39-/m0/s1. The number of hydrazine groups is 1. The molecule has 0 spiro atoms. The zero-order valence-electron chi connectivity index (χ0n) is 27.3. The number of imide groups is 2. The number of amides is 4. The molecule has 1 saturated carbocycles. The fraction of sp³-hybridized carbons (Fsp3) is 0.333. The predicted octanol–water partition coefficient (Wildman–Crippen LogP) is 5.65. The van der Waals surface area contributed by atoms with Gasteiger partial charge in [0, 0.05) is 12.5 Å². The van der Waals surface area contributed by atoms with Crippen molar-refractivity contribution in [3.63, 3.8) is 0 Å². The average Bonchev–Trinajstić information content (AvgIpc) is 3.47. The molecule has 9 nitrogen and oxygen atoms in total. The van der Waals surface area contributed by atoms with Crippen LogP contribution in [0.5, 0.6) is 11.5 Å². The molecule has 4 amide bonds. The van der Waals surface area contributed by atoms with Crippen molar-refractivity contribution in [3.05, 3.63) is 107 Å². The number of likely N-dealkylation sites (tertiary alicyclic amines) is 1. The molecule has 48 heavy (non-hydrogen) atoms. The summed E-state index contributed by atoms with van der Waals surface area (Å²) in [6, 6.07) is 21.9. The molecule has 2 N–H and O–H groups in total. The van der Waals surface area contributed by atoms with Crippen molar-refractivity contribution in [2.45, 2.75) is 38.5 Å². The van der Waals surface area contributed by atoms with Crippen LogP contribution < -0.4 is 10.2 Å². The third-order valence-corrected chi connectivity index (χ3v) is 10.7. The topological polar surface area (TPSA) is 116 Å². The molecule has 2 saturated heterocycles. The maximum absolute atomic E-state index is 15.1. The number of hydrogen-bond donors (Lipinski definition) is 2. The summed E-state index contributed by atoms with van der Waals surface area (Å²) in [5.74, 6) is -3.66. The lowest BCUT2D eigenvalue weighted by atomic mass is 9.50. The van der Waals surface area contributed by atoms with Gasteiger partial charge < -0.3 is 9.84 Å². The first-order valence-electron chi connectivity index (χ1n) is 16.6. The molecule has 7 rings (SSSR count). The van der Waals surface area contributed by atoms with E-state index in [1.165, 1.54) is 12.0 Å².